The number of halogens is 2. The predicted octanol–water partition coefficient (Wildman–Crippen LogP) is 5.31. The lowest BCUT2D eigenvalue weighted by Gasteiger charge is -2.36. The Morgan fingerprint density at radius 1 is 0.872 bits per heavy atom. The zero-order valence-corrected chi connectivity index (χ0v) is 22.8. The van der Waals surface area contributed by atoms with Crippen LogP contribution >= 0.6 is 23.2 Å². The van der Waals surface area contributed by atoms with E-state index in [2.05, 4.69) is 21.2 Å². The van der Waals surface area contributed by atoms with Crippen LogP contribution in [-0.2, 0) is 11.3 Å². The van der Waals surface area contributed by atoms with Gasteiger partial charge in [0.2, 0.25) is 0 Å². The molecule has 0 aromatic heterocycles. The summed E-state index contributed by atoms with van der Waals surface area (Å²) in [5.74, 6) is -0.441. The van der Waals surface area contributed by atoms with Gasteiger partial charge < -0.3 is 19.9 Å². The quantitative estimate of drug-likeness (QED) is 0.304. The van der Waals surface area contributed by atoms with Crippen LogP contribution in [0, 0.1) is 10.1 Å². The number of rotatable bonds is 7. The van der Waals surface area contributed by atoms with E-state index in [1.54, 1.807) is 24.3 Å². The summed E-state index contributed by atoms with van der Waals surface area (Å²) in [4.78, 5) is 30.7. The molecule has 0 unspecified atom stereocenters. The van der Waals surface area contributed by atoms with Crippen molar-refractivity contribution in [3.05, 3.63) is 92.0 Å². The van der Waals surface area contributed by atoms with Gasteiger partial charge in [0.25, 0.3) is 11.6 Å². The Hall–Kier alpha value is -3.37. The summed E-state index contributed by atoms with van der Waals surface area (Å²) in [6.45, 7) is 6.32. The molecule has 0 saturated carbocycles. The maximum Gasteiger partial charge on any atom is 0.293 e. The van der Waals surface area contributed by atoms with Crippen molar-refractivity contribution in [1.29, 1.82) is 0 Å². The van der Waals surface area contributed by atoms with Crippen molar-refractivity contribution < 1.29 is 14.5 Å². The number of benzene rings is 3. The third-order valence-electron chi connectivity index (χ3n) is 7.06. The van der Waals surface area contributed by atoms with Gasteiger partial charge in [0.1, 0.15) is 5.69 Å². The summed E-state index contributed by atoms with van der Waals surface area (Å²) in [6, 6.07) is 17.8. The Morgan fingerprint density at radius 3 is 2.26 bits per heavy atom. The SMILES string of the molecule is O=C(Nc1ccc(N2CCN(Cc3ccccc3Cl)CC2)c(Cl)c1)c1ccc(N2CCOCC2)c([N+](=O)[O-])c1. The number of nitro benzene ring substituents is 1. The first-order valence-corrected chi connectivity index (χ1v) is 13.6. The van der Waals surface area contributed by atoms with Crippen LogP contribution in [0.4, 0.5) is 22.7 Å². The number of amides is 1. The Bertz CT molecular complexity index is 1360. The van der Waals surface area contributed by atoms with Crippen molar-refractivity contribution in [3.63, 3.8) is 0 Å². The number of hydrogen-bond donors (Lipinski definition) is 1. The summed E-state index contributed by atoms with van der Waals surface area (Å²) >= 11 is 12.9. The van der Waals surface area contributed by atoms with E-state index in [1.165, 1.54) is 6.07 Å². The lowest BCUT2D eigenvalue weighted by atomic mass is 10.1. The highest BCUT2D eigenvalue weighted by Gasteiger charge is 2.24. The topological polar surface area (TPSA) is 91.2 Å². The fourth-order valence-electron chi connectivity index (χ4n) is 4.94. The van der Waals surface area contributed by atoms with Gasteiger partial charge in [0, 0.05) is 68.2 Å². The molecule has 2 aliphatic rings. The predicted molar refractivity (Wildman–Crippen MR) is 154 cm³/mol. The normalized spacial score (nSPS) is 16.3. The largest absolute Gasteiger partial charge is 0.378 e. The maximum atomic E-state index is 12.9. The van der Waals surface area contributed by atoms with E-state index in [-0.39, 0.29) is 11.3 Å². The maximum absolute atomic E-state index is 12.9. The number of morpholine rings is 1. The molecular weight excluding hydrogens is 541 g/mol. The monoisotopic (exact) mass is 569 g/mol. The molecule has 11 heteroatoms. The number of nitro groups is 1. The number of carbonyl (C=O) groups excluding carboxylic acids is 1. The van der Waals surface area contributed by atoms with Crippen LogP contribution < -0.4 is 15.1 Å². The Balaban J connectivity index is 1.22. The number of ether oxygens (including phenoxy) is 1. The second-order valence-corrected chi connectivity index (χ2v) is 10.3. The molecule has 3 aromatic carbocycles. The van der Waals surface area contributed by atoms with E-state index in [0.29, 0.717) is 42.7 Å². The van der Waals surface area contributed by atoms with E-state index in [1.807, 2.05) is 29.2 Å². The smallest absolute Gasteiger partial charge is 0.293 e. The molecule has 0 aliphatic carbocycles. The highest BCUT2D eigenvalue weighted by Crippen LogP contribution is 2.32. The van der Waals surface area contributed by atoms with Crippen molar-refractivity contribution >= 4 is 51.9 Å². The van der Waals surface area contributed by atoms with Gasteiger partial charge in [-0.05, 0) is 42.0 Å². The average Bonchev–Trinajstić information content (AvgIpc) is 2.95. The standard InChI is InChI=1S/C28H29Cl2N5O4/c29-23-4-2-1-3-21(23)19-32-9-11-33(12-10-32)25-8-6-22(18-24(25)30)31-28(36)20-5-7-26(27(17-20)35(37)38)34-13-15-39-16-14-34/h1-8,17-18H,9-16,19H2,(H,31,36). The van der Waals surface area contributed by atoms with Crippen LogP contribution in [0.15, 0.2) is 60.7 Å². The lowest BCUT2D eigenvalue weighted by molar-refractivity contribution is -0.384. The fraction of sp³-hybridized carbons (Fsp3) is 0.321. The molecule has 5 rings (SSSR count). The van der Waals surface area contributed by atoms with Crippen LogP contribution in [0.25, 0.3) is 0 Å². The first kappa shape index (κ1) is 27.2. The van der Waals surface area contributed by atoms with Gasteiger partial charge in [-0.25, -0.2) is 0 Å². The minimum atomic E-state index is -0.457. The Labute approximate surface area is 237 Å². The Kier molecular flexibility index (Phi) is 8.52. The Morgan fingerprint density at radius 2 is 1.56 bits per heavy atom. The highest BCUT2D eigenvalue weighted by atomic mass is 35.5. The first-order valence-electron chi connectivity index (χ1n) is 12.8. The average molecular weight is 570 g/mol. The van der Waals surface area contributed by atoms with Crippen molar-refractivity contribution in [1.82, 2.24) is 4.90 Å². The second-order valence-electron chi connectivity index (χ2n) is 9.53. The molecule has 9 nitrogen and oxygen atoms in total. The molecule has 3 aromatic rings. The lowest BCUT2D eigenvalue weighted by Crippen LogP contribution is -2.46. The van der Waals surface area contributed by atoms with E-state index in [0.717, 1.165) is 49.0 Å². The zero-order valence-electron chi connectivity index (χ0n) is 21.3. The van der Waals surface area contributed by atoms with Crippen molar-refractivity contribution in [2.75, 3.05) is 67.6 Å². The number of carbonyl (C=O) groups is 1. The molecule has 204 valence electrons. The van der Waals surface area contributed by atoms with Gasteiger partial charge in [0.15, 0.2) is 0 Å². The minimum Gasteiger partial charge on any atom is -0.378 e. The van der Waals surface area contributed by atoms with Gasteiger partial charge in [-0.2, -0.15) is 0 Å². The third-order valence-corrected chi connectivity index (χ3v) is 7.73. The molecule has 2 aliphatic heterocycles. The zero-order chi connectivity index (χ0) is 27.4. The van der Waals surface area contributed by atoms with E-state index in [4.69, 9.17) is 27.9 Å². The van der Waals surface area contributed by atoms with Gasteiger partial charge in [0.05, 0.1) is 28.8 Å². The molecular formula is C28H29Cl2N5O4. The van der Waals surface area contributed by atoms with Crippen molar-refractivity contribution in [2.24, 2.45) is 0 Å². The third kappa shape index (κ3) is 6.45. The van der Waals surface area contributed by atoms with Crippen LogP contribution in [0.2, 0.25) is 10.0 Å². The summed E-state index contributed by atoms with van der Waals surface area (Å²) in [6.07, 6.45) is 0. The molecule has 2 saturated heterocycles. The number of piperazine rings is 1. The number of hydrogen-bond acceptors (Lipinski definition) is 7. The molecule has 2 fully saturated rings. The molecule has 2 heterocycles. The number of anilines is 3. The molecule has 1 N–H and O–H groups in total. The molecule has 0 bridgehead atoms. The molecule has 39 heavy (non-hydrogen) atoms. The molecule has 0 spiro atoms. The van der Waals surface area contributed by atoms with E-state index >= 15 is 0 Å². The van der Waals surface area contributed by atoms with Crippen LogP contribution in [0.1, 0.15) is 15.9 Å². The van der Waals surface area contributed by atoms with Gasteiger partial charge in [-0.15, -0.1) is 0 Å². The summed E-state index contributed by atoms with van der Waals surface area (Å²) in [7, 11) is 0. The minimum absolute atomic E-state index is 0.105. The summed E-state index contributed by atoms with van der Waals surface area (Å²) in [5, 5.41) is 15.9. The van der Waals surface area contributed by atoms with Gasteiger partial charge >= 0.3 is 0 Å². The van der Waals surface area contributed by atoms with Crippen LogP contribution in [0.3, 0.4) is 0 Å². The molecule has 0 atom stereocenters. The highest BCUT2D eigenvalue weighted by molar-refractivity contribution is 6.33. The van der Waals surface area contributed by atoms with Gasteiger partial charge in [-0.1, -0.05) is 41.4 Å². The number of nitrogens with one attached hydrogen (secondary N) is 1. The van der Waals surface area contributed by atoms with Crippen molar-refractivity contribution in [3.8, 4) is 0 Å². The molecule has 1 amide bonds. The van der Waals surface area contributed by atoms with Crippen LogP contribution in [0.5, 0.6) is 0 Å². The second kappa shape index (κ2) is 12.2. The van der Waals surface area contributed by atoms with Crippen molar-refractivity contribution in [2.45, 2.75) is 6.54 Å². The molecule has 0 radical (unpaired) electrons. The van der Waals surface area contributed by atoms with E-state index < -0.39 is 10.8 Å². The van der Waals surface area contributed by atoms with E-state index in [9.17, 15) is 14.9 Å². The van der Waals surface area contributed by atoms with Gasteiger partial charge in [-0.3, -0.25) is 19.8 Å². The van der Waals surface area contributed by atoms with Crippen LogP contribution in [-0.4, -0.2) is 68.2 Å². The fourth-order valence-corrected chi connectivity index (χ4v) is 5.44. The summed E-state index contributed by atoms with van der Waals surface area (Å²) < 4.78 is 5.34. The number of nitrogens with zero attached hydrogens (tertiary/aromatic N) is 4. The summed E-state index contributed by atoms with van der Waals surface area (Å²) in [5.41, 5.74) is 3.12. The first-order chi connectivity index (χ1) is 18.9.